The third kappa shape index (κ3) is 3.83. The lowest BCUT2D eigenvalue weighted by Crippen LogP contribution is -2.34. The minimum Gasteiger partial charge on any atom is -0.497 e. The van der Waals surface area contributed by atoms with Gasteiger partial charge < -0.3 is 15.0 Å². The Kier molecular flexibility index (Phi) is 4.81. The smallest absolute Gasteiger partial charge is 0.224 e. The van der Waals surface area contributed by atoms with Gasteiger partial charge in [0.15, 0.2) is 0 Å². The van der Waals surface area contributed by atoms with E-state index in [0.29, 0.717) is 13.0 Å². The summed E-state index contributed by atoms with van der Waals surface area (Å²) < 4.78 is 5.12. The van der Waals surface area contributed by atoms with Gasteiger partial charge in [-0.15, -0.1) is 0 Å². The maximum Gasteiger partial charge on any atom is 0.224 e. The molecule has 0 saturated heterocycles. The maximum absolute atomic E-state index is 12.0. The Morgan fingerprint density at radius 1 is 1.17 bits per heavy atom. The minimum absolute atomic E-state index is 0.0580. The lowest BCUT2D eigenvalue weighted by atomic mass is 10.1. The number of para-hydroxylation sites is 1. The number of hydrogen-bond acceptors (Lipinski definition) is 3. The molecule has 0 aliphatic carbocycles. The summed E-state index contributed by atoms with van der Waals surface area (Å²) in [7, 11) is 1.64. The number of benzene rings is 2. The van der Waals surface area contributed by atoms with Crippen LogP contribution >= 0.6 is 0 Å². The van der Waals surface area contributed by atoms with Crippen LogP contribution in [0, 0.1) is 0 Å². The molecule has 0 aromatic heterocycles. The van der Waals surface area contributed by atoms with Gasteiger partial charge in [0.2, 0.25) is 5.91 Å². The Morgan fingerprint density at radius 3 is 2.74 bits per heavy atom. The molecule has 3 rings (SSSR count). The Hall–Kier alpha value is -2.49. The van der Waals surface area contributed by atoms with Crippen molar-refractivity contribution in [1.29, 1.82) is 0 Å². The number of nitrogens with zero attached hydrogens (tertiary/aromatic N) is 1. The molecule has 4 nitrogen and oxygen atoms in total. The molecule has 1 amide bonds. The molecule has 2 aromatic rings. The molecule has 23 heavy (non-hydrogen) atoms. The van der Waals surface area contributed by atoms with Crippen molar-refractivity contribution >= 4 is 11.6 Å². The van der Waals surface area contributed by atoms with Gasteiger partial charge in [0.05, 0.1) is 13.5 Å². The Labute approximate surface area is 137 Å². The molecule has 0 spiro atoms. The molecular formula is C19H22N2O2. The van der Waals surface area contributed by atoms with Crippen LogP contribution in [-0.2, 0) is 17.6 Å². The Bertz CT molecular complexity index is 667. The Balaban J connectivity index is 1.44. The number of ether oxygens (including phenoxy) is 1. The highest BCUT2D eigenvalue weighted by molar-refractivity contribution is 5.78. The molecular weight excluding hydrogens is 288 g/mol. The van der Waals surface area contributed by atoms with Gasteiger partial charge in [-0.1, -0.05) is 30.3 Å². The van der Waals surface area contributed by atoms with E-state index in [4.69, 9.17) is 4.74 Å². The first-order chi connectivity index (χ1) is 11.3. The van der Waals surface area contributed by atoms with Crippen LogP contribution in [-0.4, -0.2) is 32.7 Å². The number of fused-ring (bicyclic) bond motifs is 1. The van der Waals surface area contributed by atoms with Gasteiger partial charge >= 0.3 is 0 Å². The van der Waals surface area contributed by atoms with Crippen LogP contribution in [0.3, 0.4) is 0 Å². The van der Waals surface area contributed by atoms with Gasteiger partial charge in [-0.05, 0) is 35.7 Å². The quantitative estimate of drug-likeness (QED) is 0.891. The van der Waals surface area contributed by atoms with E-state index in [1.807, 2.05) is 24.3 Å². The SMILES string of the molecule is COc1ccc(CC(=O)NCCN2CCc3ccccc32)cc1. The van der Waals surface area contributed by atoms with Gasteiger partial charge in [0.1, 0.15) is 5.75 Å². The van der Waals surface area contributed by atoms with Crippen LogP contribution in [0.4, 0.5) is 5.69 Å². The monoisotopic (exact) mass is 310 g/mol. The third-order valence-corrected chi connectivity index (χ3v) is 4.21. The van der Waals surface area contributed by atoms with Crippen molar-refractivity contribution < 1.29 is 9.53 Å². The molecule has 120 valence electrons. The molecule has 0 radical (unpaired) electrons. The van der Waals surface area contributed by atoms with Crippen LogP contribution in [0.1, 0.15) is 11.1 Å². The predicted molar refractivity (Wildman–Crippen MR) is 92.1 cm³/mol. The van der Waals surface area contributed by atoms with Crippen LogP contribution in [0.25, 0.3) is 0 Å². The van der Waals surface area contributed by atoms with E-state index in [1.165, 1.54) is 11.3 Å². The largest absolute Gasteiger partial charge is 0.497 e. The second-order valence-corrected chi connectivity index (χ2v) is 5.74. The first-order valence-corrected chi connectivity index (χ1v) is 7.99. The van der Waals surface area contributed by atoms with Crippen LogP contribution in [0.5, 0.6) is 5.75 Å². The summed E-state index contributed by atoms with van der Waals surface area (Å²) in [5.41, 5.74) is 3.70. The van der Waals surface area contributed by atoms with E-state index in [-0.39, 0.29) is 5.91 Å². The molecule has 1 heterocycles. The highest BCUT2D eigenvalue weighted by Gasteiger charge is 2.17. The summed E-state index contributed by atoms with van der Waals surface area (Å²) in [6.07, 6.45) is 1.50. The minimum atomic E-state index is 0.0580. The first kappa shape index (κ1) is 15.4. The summed E-state index contributed by atoms with van der Waals surface area (Å²) in [5.74, 6) is 0.865. The third-order valence-electron chi connectivity index (χ3n) is 4.21. The lowest BCUT2D eigenvalue weighted by Gasteiger charge is -2.19. The molecule has 0 unspecified atom stereocenters. The van der Waals surface area contributed by atoms with Crippen LogP contribution in [0.2, 0.25) is 0 Å². The number of carbonyl (C=O) groups is 1. The summed E-state index contributed by atoms with van der Waals surface area (Å²) >= 11 is 0. The zero-order chi connectivity index (χ0) is 16.1. The highest BCUT2D eigenvalue weighted by Crippen LogP contribution is 2.26. The highest BCUT2D eigenvalue weighted by atomic mass is 16.5. The summed E-state index contributed by atoms with van der Waals surface area (Å²) in [6.45, 7) is 2.56. The average Bonchev–Trinajstić information content (AvgIpc) is 2.99. The molecule has 4 heteroatoms. The standard InChI is InChI=1S/C19H22N2O2/c1-23-17-8-6-15(7-9-17)14-19(22)20-11-13-21-12-10-16-4-2-3-5-18(16)21/h2-9H,10-14H2,1H3,(H,20,22). The Morgan fingerprint density at radius 2 is 1.96 bits per heavy atom. The summed E-state index contributed by atoms with van der Waals surface area (Å²) in [5, 5.41) is 3.01. The van der Waals surface area contributed by atoms with Crippen molar-refractivity contribution in [3.8, 4) is 5.75 Å². The zero-order valence-corrected chi connectivity index (χ0v) is 13.4. The van der Waals surface area contributed by atoms with Crippen LogP contribution < -0.4 is 15.0 Å². The van der Waals surface area contributed by atoms with E-state index < -0.39 is 0 Å². The van der Waals surface area contributed by atoms with Gasteiger partial charge in [-0.3, -0.25) is 4.79 Å². The normalized spacial score (nSPS) is 12.8. The van der Waals surface area contributed by atoms with Gasteiger partial charge in [0.25, 0.3) is 0 Å². The number of amides is 1. The van der Waals surface area contributed by atoms with E-state index in [2.05, 4.69) is 34.5 Å². The second kappa shape index (κ2) is 7.18. The number of carbonyl (C=O) groups excluding carboxylic acids is 1. The van der Waals surface area contributed by atoms with E-state index in [0.717, 1.165) is 30.8 Å². The fourth-order valence-corrected chi connectivity index (χ4v) is 2.96. The molecule has 0 saturated carbocycles. The molecule has 0 bridgehead atoms. The van der Waals surface area contributed by atoms with Crippen molar-refractivity contribution in [3.05, 3.63) is 59.7 Å². The molecule has 2 aromatic carbocycles. The number of rotatable bonds is 6. The van der Waals surface area contributed by atoms with E-state index in [1.54, 1.807) is 7.11 Å². The van der Waals surface area contributed by atoms with Crippen molar-refractivity contribution in [1.82, 2.24) is 5.32 Å². The lowest BCUT2D eigenvalue weighted by molar-refractivity contribution is -0.120. The number of methoxy groups -OCH3 is 1. The zero-order valence-electron chi connectivity index (χ0n) is 13.4. The molecule has 0 atom stereocenters. The van der Waals surface area contributed by atoms with Gasteiger partial charge in [0, 0.05) is 25.3 Å². The predicted octanol–water partition coefficient (Wildman–Crippen LogP) is 2.42. The van der Waals surface area contributed by atoms with E-state index >= 15 is 0 Å². The molecule has 1 N–H and O–H groups in total. The van der Waals surface area contributed by atoms with Gasteiger partial charge in [-0.2, -0.15) is 0 Å². The van der Waals surface area contributed by atoms with Crippen molar-refractivity contribution in [3.63, 3.8) is 0 Å². The second-order valence-electron chi connectivity index (χ2n) is 5.74. The molecule has 1 aliphatic heterocycles. The van der Waals surface area contributed by atoms with Gasteiger partial charge in [-0.25, -0.2) is 0 Å². The van der Waals surface area contributed by atoms with Crippen LogP contribution in [0.15, 0.2) is 48.5 Å². The number of hydrogen-bond donors (Lipinski definition) is 1. The first-order valence-electron chi connectivity index (χ1n) is 7.99. The fraction of sp³-hybridized carbons (Fsp3) is 0.316. The van der Waals surface area contributed by atoms with Crippen molar-refractivity contribution in [2.24, 2.45) is 0 Å². The molecule has 1 aliphatic rings. The van der Waals surface area contributed by atoms with Crippen molar-refractivity contribution in [2.45, 2.75) is 12.8 Å². The van der Waals surface area contributed by atoms with E-state index in [9.17, 15) is 4.79 Å². The summed E-state index contributed by atoms with van der Waals surface area (Å²) in [4.78, 5) is 14.4. The number of nitrogens with one attached hydrogen (secondary N) is 1. The fourth-order valence-electron chi connectivity index (χ4n) is 2.96. The molecule has 0 fully saturated rings. The topological polar surface area (TPSA) is 41.6 Å². The summed E-state index contributed by atoms with van der Waals surface area (Å²) in [6, 6.07) is 16.1. The van der Waals surface area contributed by atoms with Crippen molar-refractivity contribution in [2.75, 3.05) is 31.6 Å². The number of anilines is 1. The maximum atomic E-state index is 12.0. The average molecular weight is 310 g/mol.